The zero-order chi connectivity index (χ0) is 17.3. The highest BCUT2D eigenvalue weighted by molar-refractivity contribution is 5.32. The van der Waals surface area contributed by atoms with Crippen LogP contribution in [0.2, 0.25) is 0 Å². The summed E-state index contributed by atoms with van der Waals surface area (Å²) in [6.07, 6.45) is 4.27. The first-order valence-corrected chi connectivity index (χ1v) is 8.96. The topological polar surface area (TPSA) is 18.0 Å². The summed E-state index contributed by atoms with van der Waals surface area (Å²) in [7, 11) is 0. The molecule has 3 nitrogen and oxygen atoms in total. The second-order valence-corrected chi connectivity index (χ2v) is 6.98. The number of aryl methyl sites for hydroxylation is 3. The van der Waals surface area contributed by atoms with Crippen LogP contribution < -0.4 is 4.57 Å². The predicted molar refractivity (Wildman–Crippen MR) is 97.6 cm³/mol. The Balaban J connectivity index is 1.97. The second-order valence-electron chi connectivity index (χ2n) is 6.98. The summed E-state index contributed by atoms with van der Waals surface area (Å²) in [6, 6.07) is 9.02. The maximum Gasteiger partial charge on any atom is 0.286 e. The molecule has 128 valence electrons. The minimum atomic E-state index is 0.294. The highest BCUT2D eigenvalue weighted by Gasteiger charge is 2.34. The Morgan fingerprint density at radius 1 is 1.29 bits per heavy atom. The van der Waals surface area contributed by atoms with Crippen molar-refractivity contribution >= 4 is 0 Å². The van der Waals surface area contributed by atoms with Gasteiger partial charge in [-0.25, -0.2) is 9.13 Å². The van der Waals surface area contributed by atoms with Gasteiger partial charge in [0.1, 0.15) is 17.1 Å². The Bertz CT molecular complexity index is 725. The summed E-state index contributed by atoms with van der Waals surface area (Å²) < 4.78 is 10.9. The zero-order valence-electron chi connectivity index (χ0n) is 15.4. The largest absolute Gasteiger partial charge is 0.374 e. The summed E-state index contributed by atoms with van der Waals surface area (Å²) in [5.41, 5.74) is 5.31. The lowest BCUT2D eigenvalue weighted by molar-refractivity contribution is -0.689. The van der Waals surface area contributed by atoms with Crippen LogP contribution in [0.15, 0.2) is 36.9 Å². The first-order chi connectivity index (χ1) is 11.5. The maximum absolute atomic E-state index is 6.03. The number of hydrogen-bond acceptors (Lipinski definition) is 1. The van der Waals surface area contributed by atoms with E-state index in [0.717, 1.165) is 19.4 Å². The second kappa shape index (κ2) is 6.94. The first kappa shape index (κ1) is 17.0. The normalized spacial score (nSPS) is 17.8. The van der Waals surface area contributed by atoms with Crippen molar-refractivity contribution in [2.45, 2.75) is 53.2 Å². The molecule has 1 aliphatic heterocycles. The molecule has 2 atom stereocenters. The van der Waals surface area contributed by atoms with Gasteiger partial charge in [0.05, 0.1) is 19.3 Å². The van der Waals surface area contributed by atoms with Crippen LogP contribution >= 0.6 is 0 Å². The smallest absolute Gasteiger partial charge is 0.286 e. The van der Waals surface area contributed by atoms with Gasteiger partial charge in [0.15, 0.2) is 0 Å². The van der Waals surface area contributed by atoms with Gasteiger partial charge in [0.2, 0.25) is 0 Å². The maximum atomic E-state index is 6.03. The number of aromatic nitrogens is 2. The van der Waals surface area contributed by atoms with Crippen LogP contribution in [0.5, 0.6) is 0 Å². The summed E-state index contributed by atoms with van der Waals surface area (Å²) in [5, 5.41) is 0. The number of nitrogens with zero attached hydrogens (tertiary/aromatic N) is 2. The van der Waals surface area contributed by atoms with Crippen molar-refractivity contribution in [3.05, 3.63) is 59.6 Å². The number of fused-ring (bicyclic) bond motifs is 1. The van der Waals surface area contributed by atoms with Crippen LogP contribution in [-0.2, 0) is 17.7 Å². The average molecular weight is 325 g/mol. The van der Waals surface area contributed by atoms with Crippen LogP contribution in [0.25, 0.3) is 5.82 Å². The van der Waals surface area contributed by atoms with E-state index in [4.69, 9.17) is 4.74 Å². The summed E-state index contributed by atoms with van der Waals surface area (Å²) in [6.45, 7) is 14.2. The van der Waals surface area contributed by atoms with Crippen molar-refractivity contribution in [1.82, 2.24) is 4.57 Å². The number of rotatable bonds is 6. The van der Waals surface area contributed by atoms with Gasteiger partial charge in [-0.2, -0.15) is 0 Å². The van der Waals surface area contributed by atoms with Crippen molar-refractivity contribution in [3.8, 4) is 5.82 Å². The number of ether oxygens (including phenoxy) is 1. The third-order valence-corrected chi connectivity index (χ3v) is 5.12. The van der Waals surface area contributed by atoms with Gasteiger partial charge in [-0.3, -0.25) is 0 Å². The average Bonchev–Trinajstić information content (AvgIpc) is 3.11. The van der Waals surface area contributed by atoms with E-state index in [1.54, 1.807) is 0 Å². The highest BCUT2D eigenvalue weighted by atomic mass is 16.5. The monoisotopic (exact) mass is 325 g/mol. The summed E-state index contributed by atoms with van der Waals surface area (Å²) in [5.74, 6) is 1.82. The Hall–Kier alpha value is -1.87. The fraction of sp³-hybridized carbons (Fsp3) is 0.476. The molecule has 0 radical (unpaired) electrons. The fourth-order valence-electron chi connectivity index (χ4n) is 4.00. The van der Waals surface area contributed by atoms with Crippen LogP contribution in [0.3, 0.4) is 0 Å². The molecule has 2 aromatic rings. The lowest BCUT2D eigenvalue weighted by atomic mass is 9.97. The first-order valence-electron chi connectivity index (χ1n) is 8.96. The molecule has 0 unspecified atom stereocenters. The molecule has 24 heavy (non-hydrogen) atoms. The molecule has 3 heterocycles. The third kappa shape index (κ3) is 3.05. The van der Waals surface area contributed by atoms with E-state index in [0.29, 0.717) is 18.6 Å². The number of hydrogen-bond donors (Lipinski definition) is 0. The highest BCUT2D eigenvalue weighted by Crippen LogP contribution is 2.25. The lowest BCUT2D eigenvalue weighted by Gasteiger charge is -2.20. The molecule has 3 heteroatoms. The van der Waals surface area contributed by atoms with Crippen LogP contribution in [0, 0.1) is 26.7 Å². The minimum Gasteiger partial charge on any atom is -0.374 e. The van der Waals surface area contributed by atoms with E-state index in [-0.39, 0.29) is 0 Å². The van der Waals surface area contributed by atoms with Crippen molar-refractivity contribution in [1.29, 1.82) is 0 Å². The molecule has 0 bridgehead atoms. The van der Waals surface area contributed by atoms with Gasteiger partial charge < -0.3 is 4.74 Å². The van der Waals surface area contributed by atoms with Crippen LogP contribution in [0.1, 0.15) is 36.0 Å². The Morgan fingerprint density at radius 3 is 2.62 bits per heavy atom. The van der Waals surface area contributed by atoms with Gasteiger partial charge in [-0.15, -0.1) is 6.58 Å². The molecule has 3 rings (SSSR count). The molecule has 0 saturated heterocycles. The Kier molecular flexibility index (Phi) is 4.91. The molecular weight excluding hydrogens is 296 g/mol. The predicted octanol–water partition coefficient (Wildman–Crippen LogP) is 3.84. The molecule has 0 fully saturated rings. The van der Waals surface area contributed by atoms with Gasteiger partial charge in [0.25, 0.3) is 5.82 Å². The van der Waals surface area contributed by atoms with Crippen molar-refractivity contribution < 1.29 is 9.30 Å². The zero-order valence-corrected chi connectivity index (χ0v) is 15.4. The summed E-state index contributed by atoms with van der Waals surface area (Å²) >= 11 is 0. The SMILES string of the molecule is C=CCO[C@@H](CC)[C@@H]1Cc2cc(C)cc(-n3c(C)ccc3C)[n+]2C1. The van der Waals surface area contributed by atoms with E-state index >= 15 is 0 Å². The standard InChI is InChI=1S/C21H29N2O/c1-6-10-24-20(7-2)18-13-19-11-15(3)12-21(22(19)14-18)23-16(4)8-9-17(23)5/h6,8-9,11-12,18,20H,1,7,10,13-14H2,2-5H3/q+1/t18-,20+/m1/s1. The molecule has 0 aliphatic carbocycles. The molecule has 2 aromatic heterocycles. The van der Waals surface area contributed by atoms with Crippen molar-refractivity contribution in [3.63, 3.8) is 0 Å². The molecule has 1 aliphatic rings. The van der Waals surface area contributed by atoms with Gasteiger partial charge >= 0.3 is 0 Å². The van der Waals surface area contributed by atoms with Gasteiger partial charge in [0, 0.05) is 18.4 Å². The van der Waals surface area contributed by atoms with Crippen LogP contribution in [-0.4, -0.2) is 17.3 Å². The van der Waals surface area contributed by atoms with E-state index in [1.165, 1.54) is 28.5 Å². The molecule has 0 N–H and O–H groups in total. The fourth-order valence-corrected chi connectivity index (χ4v) is 4.00. The van der Waals surface area contributed by atoms with Crippen molar-refractivity contribution in [2.75, 3.05) is 6.61 Å². The van der Waals surface area contributed by atoms with Gasteiger partial charge in [-0.1, -0.05) is 13.0 Å². The quantitative estimate of drug-likeness (QED) is 0.583. The molecule has 0 amide bonds. The van der Waals surface area contributed by atoms with E-state index in [2.05, 4.69) is 67.7 Å². The van der Waals surface area contributed by atoms with Crippen LogP contribution in [0.4, 0.5) is 0 Å². The molecule has 0 aromatic carbocycles. The number of pyridine rings is 1. The lowest BCUT2D eigenvalue weighted by Crippen LogP contribution is -2.41. The van der Waals surface area contributed by atoms with Crippen molar-refractivity contribution in [2.24, 2.45) is 5.92 Å². The Labute approximate surface area is 145 Å². The summed E-state index contributed by atoms with van der Waals surface area (Å²) in [4.78, 5) is 0. The molecule has 0 spiro atoms. The Morgan fingerprint density at radius 2 is 2.00 bits per heavy atom. The minimum absolute atomic E-state index is 0.294. The molecule has 0 saturated carbocycles. The van der Waals surface area contributed by atoms with E-state index < -0.39 is 0 Å². The molecular formula is C21H29N2O+. The van der Waals surface area contributed by atoms with E-state index in [9.17, 15) is 0 Å². The van der Waals surface area contributed by atoms with Gasteiger partial charge in [-0.05, 0) is 51.0 Å². The van der Waals surface area contributed by atoms with E-state index in [1.807, 2.05) is 6.08 Å². The third-order valence-electron chi connectivity index (χ3n) is 5.12.